The molecule has 0 atom stereocenters. The molecule has 0 saturated heterocycles. The van der Waals surface area contributed by atoms with Crippen LogP contribution < -0.4 is 5.32 Å². The van der Waals surface area contributed by atoms with Gasteiger partial charge in [0.25, 0.3) is 11.8 Å². The molecule has 0 aliphatic heterocycles. The molecule has 0 bridgehead atoms. The summed E-state index contributed by atoms with van der Waals surface area (Å²) in [4.78, 5) is 8.98. The van der Waals surface area contributed by atoms with E-state index in [-0.39, 0.29) is 32.5 Å². The average Bonchev–Trinajstić information content (AvgIpc) is 3.29. The van der Waals surface area contributed by atoms with Crippen LogP contribution in [0, 0.1) is 5.82 Å². The summed E-state index contributed by atoms with van der Waals surface area (Å²) in [6, 6.07) is 9.65. The molecule has 0 amide bonds. The van der Waals surface area contributed by atoms with Crippen LogP contribution in [-0.2, 0) is 6.54 Å². The molecular weight excluding hydrogens is 481 g/mol. The smallest absolute Gasteiger partial charge is 0.268 e. The van der Waals surface area contributed by atoms with Crippen LogP contribution >= 0.6 is 22.2 Å². The van der Waals surface area contributed by atoms with E-state index in [4.69, 9.17) is 16.0 Å². The topological polar surface area (TPSA) is 117 Å². The lowest BCUT2D eigenvalue weighted by Crippen LogP contribution is -2.11. The molecule has 2 heterocycles. The molecule has 8 nitrogen and oxygen atoms in total. The molecule has 0 radical (unpaired) electrons. The molecule has 3 N–H and O–H groups in total. The first kappa shape index (κ1) is 24.2. The highest BCUT2D eigenvalue weighted by Gasteiger charge is 2.23. The van der Waals surface area contributed by atoms with E-state index in [1.165, 1.54) is 18.5 Å². The summed E-state index contributed by atoms with van der Waals surface area (Å²) < 4.78 is 41.1. The van der Waals surface area contributed by atoms with Gasteiger partial charge in [0, 0.05) is 17.4 Å². The predicted octanol–water partition coefficient (Wildman–Crippen LogP) is 5.89. The van der Waals surface area contributed by atoms with Gasteiger partial charge in [0.15, 0.2) is 0 Å². The minimum Gasteiger partial charge on any atom is -0.414 e. The number of hydrogen-bond donors (Lipinski definition) is 3. The van der Waals surface area contributed by atoms with E-state index in [9.17, 15) is 13.5 Å². The molecule has 178 valence electrons. The van der Waals surface area contributed by atoms with Gasteiger partial charge >= 0.3 is 0 Å². The van der Waals surface area contributed by atoms with Gasteiger partial charge in [-0.2, -0.15) is 10.6 Å². The Labute approximate surface area is 202 Å². The van der Waals surface area contributed by atoms with Crippen LogP contribution in [0.4, 0.5) is 4.39 Å². The first-order chi connectivity index (χ1) is 16.2. The Morgan fingerprint density at radius 1 is 1.06 bits per heavy atom. The maximum Gasteiger partial charge on any atom is 0.268 e. The highest BCUT2D eigenvalue weighted by atomic mass is 35.5. The van der Waals surface area contributed by atoms with E-state index < -0.39 is 16.4 Å². The second kappa shape index (κ2) is 9.77. The van der Waals surface area contributed by atoms with Crippen molar-refractivity contribution in [3.05, 3.63) is 65.2 Å². The standard InChI is InChI=1S/C23H23ClFN5O3S/c1-13(2)34(31,32)21-7-5-15(9-17(21)24)19-11-27-12-20(28-19)23-30-29-22(33-23)16-6-4-14(10-26-3)8-18(16)25/h4-9,11-13,26,31-32H,10H2,1-3H3. The fourth-order valence-corrected chi connectivity index (χ4v) is 4.89. The van der Waals surface area contributed by atoms with Crippen molar-refractivity contribution in [1.29, 1.82) is 0 Å². The summed E-state index contributed by atoms with van der Waals surface area (Å²) in [6.07, 6.45) is 2.99. The van der Waals surface area contributed by atoms with Crippen LogP contribution in [0.25, 0.3) is 34.3 Å². The van der Waals surface area contributed by atoms with Gasteiger partial charge in [0.1, 0.15) is 11.5 Å². The van der Waals surface area contributed by atoms with E-state index in [2.05, 4.69) is 25.5 Å². The monoisotopic (exact) mass is 503 g/mol. The Morgan fingerprint density at radius 3 is 2.47 bits per heavy atom. The third-order valence-corrected chi connectivity index (χ3v) is 7.87. The number of rotatable bonds is 7. The first-order valence-electron chi connectivity index (χ1n) is 10.4. The summed E-state index contributed by atoms with van der Waals surface area (Å²) in [5.41, 5.74) is 2.37. The Hall–Kier alpha value is -2.89. The minimum absolute atomic E-state index is 0.0296. The normalized spacial score (nSPS) is 12.4. The fraction of sp³-hybridized carbons (Fsp3) is 0.217. The zero-order valence-corrected chi connectivity index (χ0v) is 20.2. The van der Waals surface area contributed by atoms with Crippen LogP contribution in [0.15, 0.2) is 58.1 Å². The van der Waals surface area contributed by atoms with E-state index in [0.29, 0.717) is 23.5 Å². The number of benzene rings is 2. The summed E-state index contributed by atoms with van der Waals surface area (Å²) in [7, 11) is -1.24. The fourth-order valence-electron chi connectivity index (χ4n) is 3.25. The molecular formula is C23H23ClFN5O3S. The molecule has 0 unspecified atom stereocenters. The van der Waals surface area contributed by atoms with E-state index in [0.717, 1.165) is 5.56 Å². The lowest BCUT2D eigenvalue weighted by atomic mass is 10.1. The van der Waals surface area contributed by atoms with Gasteiger partial charge in [-0.25, -0.2) is 9.37 Å². The van der Waals surface area contributed by atoms with Crippen molar-refractivity contribution in [3.63, 3.8) is 0 Å². The molecule has 0 fully saturated rings. The van der Waals surface area contributed by atoms with Crippen LogP contribution in [0.5, 0.6) is 0 Å². The van der Waals surface area contributed by atoms with Gasteiger partial charge in [-0.3, -0.25) is 14.1 Å². The second-order valence-electron chi connectivity index (χ2n) is 7.83. The SMILES string of the molecule is CNCc1ccc(-c2nnc(-c3cncc(-c4ccc(S(O)(O)C(C)C)c(Cl)c4)n3)o2)c(F)c1. The van der Waals surface area contributed by atoms with Crippen molar-refractivity contribution < 1.29 is 17.9 Å². The van der Waals surface area contributed by atoms with Crippen LogP contribution in [0.1, 0.15) is 19.4 Å². The number of aromatic nitrogens is 4. The van der Waals surface area contributed by atoms with E-state index in [1.807, 2.05) is 0 Å². The number of nitrogens with zero attached hydrogens (tertiary/aromatic N) is 4. The summed E-state index contributed by atoms with van der Waals surface area (Å²) >= 11 is 6.35. The summed E-state index contributed by atoms with van der Waals surface area (Å²) in [5, 5.41) is 10.8. The lowest BCUT2D eigenvalue weighted by molar-refractivity contribution is 0.476. The summed E-state index contributed by atoms with van der Waals surface area (Å²) in [6.45, 7) is 3.97. The number of halogens is 2. The number of hydrogen-bond acceptors (Lipinski definition) is 8. The largest absolute Gasteiger partial charge is 0.414 e. The number of nitrogens with one attached hydrogen (secondary N) is 1. The lowest BCUT2D eigenvalue weighted by Gasteiger charge is -2.37. The van der Waals surface area contributed by atoms with Crippen molar-refractivity contribution in [2.24, 2.45) is 0 Å². The Bertz CT molecular complexity index is 1330. The van der Waals surface area contributed by atoms with Crippen molar-refractivity contribution in [1.82, 2.24) is 25.5 Å². The zero-order valence-electron chi connectivity index (χ0n) is 18.7. The highest BCUT2D eigenvalue weighted by Crippen LogP contribution is 2.55. The van der Waals surface area contributed by atoms with E-state index >= 15 is 0 Å². The molecule has 0 saturated carbocycles. The van der Waals surface area contributed by atoms with Gasteiger partial charge < -0.3 is 9.73 Å². The molecule has 0 spiro atoms. The molecule has 2 aromatic carbocycles. The van der Waals surface area contributed by atoms with Crippen LogP contribution in [0.2, 0.25) is 5.02 Å². The minimum atomic E-state index is -3.03. The maximum atomic E-state index is 14.5. The van der Waals surface area contributed by atoms with Crippen molar-refractivity contribution in [2.45, 2.75) is 30.5 Å². The quantitative estimate of drug-likeness (QED) is 0.286. The Kier molecular flexibility index (Phi) is 6.96. The van der Waals surface area contributed by atoms with E-state index in [1.54, 1.807) is 51.2 Å². The van der Waals surface area contributed by atoms with Crippen molar-refractivity contribution >= 4 is 22.2 Å². The van der Waals surface area contributed by atoms with Gasteiger partial charge in [-0.05, 0) is 50.7 Å². The van der Waals surface area contributed by atoms with Gasteiger partial charge in [-0.15, -0.1) is 10.2 Å². The molecule has 0 aliphatic rings. The Morgan fingerprint density at radius 2 is 1.79 bits per heavy atom. The van der Waals surface area contributed by atoms with Gasteiger partial charge in [0.2, 0.25) is 0 Å². The predicted molar refractivity (Wildman–Crippen MR) is 130 cm³/mol. The third kappa shape index (κ3) is 4.82. The van der Waals surface area contributed by atoms with Crippen LogP contribution in [0.3, 0.4) is 0 Å². The second-order valence-corrected chi connectivity index (χ2v) is 10.8. The van der Waals surface area contributed by atoms with Gasteiger partial charge in [-0.1, -0.05) is 23.7 Å². The molecule has 11 heteroatoms. The first-order valence-corrected chi connectivity index (χ1v) is 12.4. The molecule has 0 aliphatic carbocycles. The van der Waals surface area contributed by atoms with Crippen molar-refractivity contribution in [3.8, 4) is 34.3 Å². The molecule has 4 aromatic rings. The highest BCUT2D eigenvalue weighted by molar-refractivity contribution is 8.24. The average molecular weight is 504 g/mol. The zero-order chi connectivity index (χ0) is 24.5. The van der Waals surface area contributed by atoms with Gasteiger partial charge in [0.05, 0.1) is 33.6 Å². The third-order valence-electron chi connectivity index (χ3n) is 5.13. The maximum absolute atomic E-state index is 14.5. The Balaban J connectivity index is 1.63. The molecule has 34 heavy (non-hydrogen) atoms. The van der Waals surface area contributed by atoms with Crippen LogP contribution in [-0.4, -0.2) is 41.6 Å². The molecule has 4 rings (SSSR count). The molecule has 2 aromatic heterocycles. The van der Waals surface area contributed by atoms with Crippen molar-refractivity contribution in [2.75, 3.05) is 7.05 Å². The summed E-state index contributed by atoms with van der Waals surface area (Å²) in [5.74, 6) is -0.355.